The van der Waals surface area contributed by atoms with E-state index in [2.05, 4.69) is 30.6 Å². The Labute approximate surface area is 120 Å². The lowest BCUT2D eigenvalue weighted by Crippen LogP contribution is -2.53. The van der Waals surface area contributed by atoms with E-state index in [4.69, 9.17) is 5.11 Å². The summed E-state index contributed by atoms with van der Waals surface area (Å²) in [4.78, 5) is 15.9. The number of nitrogens with zero attached hydrogens (tertiary/aromatic N) is 3. The van der Waals surface area contributed by atoms with Crippen molar-refractivity contribution in [3.8, 4) is 0 Å². The molecule has 1 N–H and O–H groups in total. The third-order valence-electron chi connectivity index (χ3n) is 4.17. The Bertz CT molecular complexity index is 481. The lowest BCUT2D eigenvalue weighted by molar-refractivity contribution is 0.0554. The molecule has 1 fully saturated rings. The van der Waals surface area contributed by atoms with E-state index in [-0.39, 0.29) is 0 Å². The summed E-state index contributed by atoms with van der Waals surface area (Å²) in [5, 5.41) is 9.03. The number of piperazine rings is 1. The zero-order valence-corrected chi connectivity index (χ0v) is 12.8. The lowest BCUT2D eigenvalue weighted by Gasteiger charge is -2.42. The molecular formula is C15H25N3O2. The standard InChI is InChI=1S/C15H25N3O2/c1-11(2)18-6-5-17(8-12(18)3)10-14-7-13(15(19)20)9-16(14)4/h7,9,11-12H,5-6,8,10H2,1-4H3,(H,19,20)/t12-/m1/s1. The molecule has 5 nitrogen and oxygen atoms in total. The zero-order chi connectivity index (χ0) is 14.9. The van der Waals surface area contributed by atoms with E-state index in [0.29, 0.717) is 17.6 Å². The highest BCUT2D eigenvalue weighted by Gasteiger charge is 2.25. The second kappa shape index (κ2) is 5.97. The maximum absolute atomic E-state index is 11.0. The highest BCUT2D eigenvalue weighted by Crippen LogP contribution is 2.16. The van der Waals surface area contributed by atoms with Crippen molar-refractivity contribution in [2.24, 2.45) is 7.05 Å². The van der Waals surface area contributed by atoms with E-state index < -0.39 is 5.97 Å². The van der Waals surface area contributed by atoms with Crippen LogP contribution in [0.15, 0.2) is 12.3 Å². The van der Waals surface area contributed by atoms with Crippen LogP contribution in [0.1, 0.15) is 36.8 Å². The Morgan fingerprint density at radius 1 is 1.45 bits per heavy atom. The van der Waals surface area contributed by atoms with Gasteiger partial charge in [-0.1, -0.05) is 0 Å². The summed E-state index contributed by atoms with van der Waals surface area (Å²) in [7, 11) is 1.91. The maximum atomic E-state index is 11.0. The molecule has 2 rings (SSSR count). The van der Waals surface area contributed by atoms with Crippen LogP contribution in [-0.4, -0.2) is 57.2 Å². The third kappa shape index (κ3) is 3.22. The Kier molecular flexibility index (Phi) is 4.50. The van der Waals surface area contributed by atoms with E-state index in [0.717, 1.165) is 31.9 Å². The Morgan fingerprint density at radius 3 is 2.65 bits per heavy atom. The van der Waals surface area contributed by atoms with Crippen LogP contribution in [0.3, 0.4) is 0 Å². The van der Waals surface area contributed by atoms with Crippen molar-refractivity contribution in [1.29, 1.82) is 0 Å². The van der Waals surface area contributed by atoms with Gasteiger partial charge in [0.05, 0.1) is 5.56 Å². The predicted molar refractivity (Wildman–Crippen MR) is 79.0 cm³/mol. The first-order valence-electron chi connectivity index (χ1n) is 7.25. The van der Waals surface area contributed by atoms with Gasteiger partial charge in [-0.3, -0.25) is 9.80 Å². The highest BCUT2D eigenvalue weighted by molar-refractivity contribution is 5.87. The molecule has 0 aromatic carbocycles. The molecule has 1 aromatic heterocycles. The molecule has 2 heterocycles. The number of aromatic carboxylic acids is 1. The van der Waals surface area contributed by atoms with Crippen LogP contribution in [0.4, 0.5) is 0 Å². The molecule has 0 radical (unpaired) electrons. The quantitative estimate of drug-likeness (QED) is 0.910. The molecule has 0 bridgehead atoms. The van der Waals surface area contributed by atoms with E-state index in [1.807, 2.05) is 11.6 Å². The third-order valence-corrected chi connectivity index (χ3v) is 4.17. The average Bonchev–Trinajstić information content (AvgIpc) is 2.71. The SMILES string of the molecule is CC(C)N1CCN(Cc2cc(C(=O)O)cn2C)C[C@H]1C. The topological polar surface area (TPSA) is 48.7 Å². The van der Waals surface area contributed by atoms with Gasteiger partial charge >= 0.3 is 5.97 Å². The minimum atomic E-state index is -0.857. The molecule has 1 aromatic rings. The Hall–Kier alpha value is -1.33. The van der Waals surface area contributed by atoms with Crippen molar-refractivity contribution in [3.05, 3.63) is 23.5 Å². The van der Waals surface area contributed by atoms with Crippen molar-refractivity contribution in [2.75, 3.05) is 19.6 Å². The van der Waals surface area contributed by atoms with Gasteiger partial charge in [0.15, 0.2) is 0 Å². The van der Waals surface area contributed by atoms with Gasteiger partial charge in [-0.15, -0.1) is 0 Å². The van der Waals surface area contributed by atoms with E-state index in [1.54, 1.807) is 12.3 Å². The lowest BCUT2D eigenvalue weighted by atomic mass is 10.1. The van der Waals surface area contributed by atoms with Gasteiger partial charge in [0, 0.05) is 57.2 Å². The van der Waals surface area contributed by atoms with Gasteiger partial charge in [-0.05, 0) is 26.8 Å². The van der Waals surface area contributed by atoms with Crippen LogP contribution < -0.4 is 0 Å². The van der Waals surface area contributed by atoms with E-state index >= 15 is 0 Å². The normalized spacial score (nSPS) is 21.6. The molecule has 5 heteroatoms. The van der Waals surface area contributed by atoms with Gasteiger partial charge in [-0.2, -0.15) is 0 Å². The first-order valence-corrected chi connectivity index (χ1v) is 7.25. The fourth-order valence-corrected chi connectivity index (χ4v) is 3.07. The minimum absolute atomic E-state index is 0.372. The molecule has 20 heavy (non-hydrogen) atoms. The van der Waals surface area contributed by atoms with Gasteiger partial charge in [0.2, 0.25) is 0 Å². The number of hydrogen-bond donors (Lipinski definition) is 1. The van der Waals surface area contributed by atoms with Gasteiger partial charge in [-0.25, -0.2) is 4.79 Å². The Balaban J connectivity index is 2.00. The molecule has 0 saturated carbocycles. The Morgan fingerprint density at radius 2 is 2.15 bits per heavy atom. The molecular weight excluding hydrogens is 254 g/mol. The summed E-state index contributed by atoms with van der Waals surface area (Å²) < 4.78 is 1.92. The first kappa shape index (κ1) is 15.1. The van der Waals surface area contributed by atoms with Crippen molar-refractivity contribution in [3.63, 3.8) is 0 Å². The molecule has 1 aliphatic rings. The van der Waals surface area contributed by atoms with Crippen LogP contribution in [0.25, 0.3) is 0 Å². The number of hydrogen-bond acceptors (Lipinski definition) is 3. The van der Waals surface area contributed by atoms with Crippen LogP contribution in [-0.2, 0) is 13.6 Å². The maximum Gasteiger partial charge on any atom is 0.337 e. The summed E-state index contributed by atoms with van der Waals surface area (Å²) in [6.07, 6.45) is 1.69. The highest BCUT2D eigenvalue weighted by atomic mass is 16.4. The molecule has 112 valence electrons. The monoisotopic (exact) mass is 279 g/mol. The molecule has 1 atom stereocenters. The number of rotatable bonds is 4. The molecule has 1 aliphatic heterocycles. The van der Waals surface area contributed by atoms with Crippen LogP contribution in [0, 0.1) is 0 Å². The van der Waals surface area contributed by atoms with E-state index in [1.165, 1.54) is 0 Å². The van der Waals surface area contributed by atoms with Gasteiger partial charge < -0.3 is 9.67 Å². The first-order chi connectivity index (χ1) is 9.38. The number of carboxylic acids is 1. The largest absolute Gasteiger partial charge is 0.478 e. The zero-order valence-electron chi connectivity index (χ0n) is 12.8. The predicted octanol–water partition coefficient (Wildman–Crippen LogP) is 1.64. The number of aromatic nitrogens is 1. The van der Waals surface area contributed by atoms with Gasteiger partial charge in [0.1, 0.15) is 0 Å². The second-order valence-corrected chi connectivity index (χ2v) is 6.05. The number of carboxylic acid groups (broad SMARTS) is 1. The molecule has 0 aliphatic carbocycles. The minimum Gasteiger partial charge on any atom is -0.478 e. The summed E-state index contributed by atoms with van der Waals surface area (Å²) in [5.41, 5.74) is 1.43. The van der Waals surface area contributed by atoms with Crippen molar-refractivity contribution in [1.82, 2.24) is 14.4 Å². The fraction of sp³-hybridized carbons (Fsp3) is 0.667. The number of carbonyl (C=O) groups is 1. The van der Waals surface area contributed by atoms with Crippen molar-refractivity contribution < 1.29 is 9.90 Å². The van der Waals surface area contributed by atoms with Gasteiger partial charge in [0.25, 0.3) is 0 Å². The summed E-state index contributed by atoms with van der Waals surface area (Å²) in [5.74, 6) is -0.857. The summed E-state index contributed by atoms with van der Waals surface area (Å²) >= 11 is 0. The summed E-state index contributed by atoms with van der Waals surface area (Å²) in [6.45, 7) is 10.7. The van der Waals surface area contributed by atoms with E-state index in [9.17, 15) is 4.79 Å². The summed E-state index contributed by atoms with van der Waals surface area (Å²) in [6, 6.07) is 2.91. The smallest absolute Gasteiger partial charge is 0.337 e. The fourth-order valence-electron chi connectivity index (χ4n) is 3.07. The second-order valence-electron chi connectivity index (χ2n) is 6.05. The molecule has 0 amide bonds. The molecule has 0 unspecified atom stereocenters. The van der Waals surface area contributed by atoms with Crippen LogP contribution >= 0.6 is 0 Å². The van der Waals surface area contributed by atoms with Crippen molar-refractivity contribution >= 4 is 5.97 Å². The number of aryl methyl sites for hydroxylation is 1. The average molecular weight is 279 g/mol. The van der Waals surface area contributed by atoms with Crippen molar-refractivity contribution in [2.45, 2.75) is 39.4 Å². The molecule has 0 spiro atoms. The molecule has 1 saturated heterocycles. The van der Waals surface area contributed by atoms with Crippen LogP contribution in [0.5, 0.6) is 0 Å². The van der Waals surface area contributed by atoms with Crippen LogP contribution in [0.2, 0.25) is 0 Å².